The van der Waals surface area contributed by atoms with Crippen molar-refractivity contribution in [3.05, 3.63) is 83.9 Å². The van der Waals surface area contributed by atoms with E-state index in [0.717, 1.165) is 4.90 Å². The molecule has 1 amide bonds. The minimum absolute atomic E-state index is 0.128. The fourth-order valence-corrected chi connectivity index (χ4v) is 5.08. The Morgan fingerprint density at radius 3 is 2.19 bits per heavy atom. The van der Waals surface area contributed by atoms with Crippen molar-refractivity contribution in [3.63, 3.8) is 0 Å². The molecule has 8 heteroatoms. The second-order valence-electron chi connectivity index (χ2n) is 6.96. The molecule has 0 fully saturated rings. The SMILES string of the molecule is CC(C)NS(=O)(=O)c1ccc(NC(=O)c2ccccc2Sc2ccccc2C#N)cc1. The zero-order chi connectivity index (χ0) is 22.4. The molecule has 31 heavy (non-hydrogen) atoms. The number of carbonyl (C=O) groups excluding carboxylic acids is 1. The number of nitrogens with zero attached hydrogens (tertiary/aromatic N) is 1. The van der Waals surface area contributed by atoms with Gasteiger partial charge in [0.1, 0.15) is 6.07 Å². The van der Waals surface area contributed by atoms with Crippen LogP contribution in [-0.2, 0) is 10.0 Å². The highest BCUT2D eigenvalue weighted by molar-refractivity contribution is 7.99. The number of nitriles is 1. The first-order chi connectivity index (χ1) is 14.8. The number of nitrogens with one attached hydrogen (secondary N) is 2. The van der Waals surface area contributed by atoms with E-state index >= 15 is 0 Å². The molecule has 0 spiro atoms. The van der Waals surface area contributed by atoms with Gasteiger partial charge in [0.2, 0.25) is 10.0 Å². The summed E-state index contributed by atoms with van der Waals surface area (Å²) in [4.78, 5) is 14.5. The first-order valence-corrected chi connectivity index (χ1v) is 11.8. The van der Waals surface area contributed by atoms with Crippen LogP contribution in [0, 0.1) is 11.3 Å². The molecule has 3 aromatic rings. The van der Waals surface area contributed by atoms with E-state index in [4.69, 9.17) is 0 Å². The number of amides is 1. The fourth-order valence-electron chi connectivity index (χ4n) is 2.80. The normalized spacial score (nSPS) is 11.2. The Hall–Kier alpha value is -3.12. The minimum Gasteiger partial charge on any atom is -0.322 e. The van der Waals surface area contributed by atoms with Crippen LogP contribution in [0.25, 0.3) is 0 Å². The summed E-state index contributed by atoms with van der Waals surface area (Å²) in [6.07, 6.45) is 0. The molecule has 0 saturated carbocycles. The summed E-state index contributed by atoms with van der Waals surface area (Å²) in [5, 5.41) is 12.1. The van der Waals surface area contributed by atoms with Crippen LogP contribution in [-0.4, -0.2) is 20.4 Å². The molecule has 0 bridgehead atoms. The van der Waals surface area contributed by atoms with Crippen LogP contribution in [0.15, 0.2) is 87.5 Å². The number of hydrogen-bond donors (Lipinski definition) is 2. The first kappa shape index (κ1) is 22.6. The van der Waals surface area contributed by atoms with Crippen molar-refractivity contribution < 1.29 is 13.2 Å². The van der Waals surface area contributed by atoms with E-state index in [-0.39, 0.29) is 16.8 Å². The van der Waals surface area contributed by atoms with E-state index in [9.17, 15) is 18.5 Å². The van der Waals surface area contributed by atoms with Crippen molar-refractivity contribution in [2.45, 2.75) is 34.6 Å². The largest absolute Gasteiger partial charge is 0.322 e. The predicted molar refractivity (Wildman–Crippen MR) is 122 cm³/mol. The maximum Gasteiger partial charge on any atom is 0.256 e. The van der Waals surface area contributed by atoms with Gasteiger partial charge < -0.3 is 5.32 Å². The molecule has 0 atom stereocenters. The summed E-state index contributed by atoms with van der Waals surface area (Å²) in [6, 6.07) is 22.3. The van der Waals surface area contributed by atoms with Crippen LogP contribution in [0.3, 0.4) is 0 Å². The van der Waals surface area contributed by atoms with E-state index in [0.29, 0.717) is 21.7 Å². The maximum absolute atomic E-state index is 12.9. The highest BCUT2D eigenvalue weighted by atomic mass is 32.2. The Morgan fingerprint density at radius 1 is 0.935 bits per heavy atom. The van der Waals surface area contributed by atoms with Crippen LogP contribution < -0.4 is 10.0 Å². The summed E-state index contributed by atoms with van der Waals surface area (Å²) in [5.41, 5.74) is 1.47. The lowest BCUT2D eigenvalue weighted by Crippen LogP contribution is -2.30. The van der Waals surface area contributed by atoms with E-state index in [1.807, 2.05) is 24.3 Å². The van der Waals surface area contributed by atoms with Crippen molar-refractivity contribution >= 4 is 33.4 Å². The molecule has 0 aliphatic heterocycles. The monoisotopic (exact) mass is 451 g/mol. The van der Waals surface area contributed by atoms with Crippen LogP contribution in [0.2, 0.25) is 0 Å². The lowest BCUT2D eigenvalue weighted by Gasteiger charge is -2.12. The molecule has 0 saturated heterocycles. The minimum atomic E-state index is -3.60. The van der Waals surface area contributed by atoms with E-state index < -0.39 is 10.0 Å². The summed E-state index contributed by atoms with van der Waals surface area (Å²) in [6.45, 7) is 3.49. The highest BCUT2D eigenvalue weighted by Gasteiger charge is 2.17. The Balaban J connectivity index is 1.80. The van der Waals surface area contributed by atoms with Crippen LogP contribution in [0.5, 0.6) is 0 Å². The summed E-state index contributed by atoms with van der Waals surface area (Å²) >= 11 is 1.34. The van der Waals surface area contributed by atoms with Gasteiger partial charge in [-0.1, -0.05) is 36.0 Å². The Bertz CT molecular complexity index is 1230. The van der Waals surface area contributed by atoms with Crippen LogP contribution >= 0.6 is 11.8 Å². The Kier molecular flexibility index (Phi) is 7.13. The number of anilines is 1. The van der Waals surface area contributed by atoms with Crippen LogP contribution in [0.1, 0.15) is 29.8 Å². The zero-order valence-electron chi connectivity index (χ0n) is 17.0. The van der Waals surface area contributed by atoms with Crippen molar-refractivity contribution in [1.82, 2.24) is 4.72 Å². The molecule has 0 aliphatic carbocycles. The van der Waals surface area contributed by atoms with Gasteiger partial charge in [-0.2, -0.15) is 5.26 Å². The highest BCUT2D eigenvalue weighted by Crippen LogP contribution is 2.33. The Labute approximate surface area is 186 Å². The average molecular weight is 452 g/mol. The molecule has 0 radical (unpaired) electrons. The van der Waals surface area contributed by atoms with Gasteiger partial charge in [-0.15, -0.1) is 0 Å². The average Bonchev–Trinajstić information content (AvgIpc) is 2.74. The van der Waals surface area contributed by atoms with E-state index in [1.54, 1.807) is 50.2 Å². The molecule has 6 nitrogen and oxygen atoms in total. The van der Waals surface area contributed by atoms with Gasteiger partial charge in [-0.25, -0.2) is 13.1 Å². The maximum atomic E-state index is 12.9. The number of benzene rings is 3. The summed E-state index contributed by atoms with van der Waals surface area (Å²) < 4.78 is 27.0. The standard InChI is InChI=1S/C23H21N3O3S2/c1-16(2)26-31(28,29)19-13-11-18(12-14-19)25-23(27)20-8-4-6-10-22(20)30-21-9-5-3-7-17(21)15-24/h3-14,16,26H,1-2H3,(H,25,27). The molecule has 0 heterocycles. The van der Waals surface area contributed by atoms with Crippen molar-refractivity contribution in [3.8, 4) is 6.07 Å². The van der Waals surface area contributed by atoms with Crippen LogP contribution in [0.4, 0.5) is 5.69 Å². The lowest BCUT2D eigenvalue weighted by molar-refractivity contribution is 0.102. The van der Waals surface area contributed by atoms with Crippen molar-refractivity contribution in [2.24, 2.45) is 0 Å². The molecule has 0 unspecified atom stereocenters. The lowest BCUT2D eigenvalue weighted by atomic mass is 10.2. The Morgan fingerprint density at radius 2 is 1.55 bits per heavy atom. The van der Waals surface area contributed by atoms with Gasteiger partial charge in [0.25, 0.3) is 5.91 Å². The third kappa shape index (κ3) is 5.73. The second kappa shape index (κ2) is 9.79. The molecule has 3 aromatic carbocycles. The van der Waals surface area contributed by atoms with Crippen molar-refractivity contribution in [2.75, 3.05) is 5.32 Å². The van der Waals surface area contributed by atoms with Gasteiger partial charge in [-0.05, 0) is 62.4 Å². The molecule has 3 rings (SSSR count). The number of rotatable bonds is 7. The second-order valence-corrected chi connectivity index (χ2v) is 9.76. The molecule has 158 valence electrons. The zero-order valence-corrected chi connectivity index (χ0v) is 18.6. The quantitative estimate of drug-likeness (QED) is 0.545. The molecule has 0 aromatic heterocycles. The number of carbonyl (C=O) groups is 1. The number of sulfonamides is 1. The molecular formula is C23H21N3O3S2. The van der Waals surface area contributed by atoms with Gasteiger partial charge in [0.05, 0.1) is 16.0 Å². The fraction of sp³-hybridized carbons (Fsp3) is 0.130. The first-order valence-electron chi connectivity index (χ1n) is 9.50. The number of hydrogen-bond acceptors (Lipinski definition) is 5. The molecule has 2 N–H and O–H groups in total. The molecule has 0 aliphatic rings. The van der Waals surface area contributed by atoms with Gasteiger partial charge >= 0.3 is 0 Å². The third-order valence-corrected chi connectivity index (χ3v) is 7.00. The van der Waals surface area contributed by atoms with Gasteiger partial charge in [0, 0.05) is 21.5 Å². The van der Waals surface area contributed by atoms with Gasteiger partial charge in [-0.3, -0.25) is 4.79 Å². The predicted octanol–water partition coefficient (Wildman–Crippen LogP) is 4.65. The topological polar surface area (TPSA) is 99.1 Å². The smallest absolute Gasteiger partial charge is 0.256 e. The van der Waals surface area contributed by atoms with E-state index in [1.165, 1.54) is 23.9 Å². The third-order valence-electron chi connectivity index (χ3n) is 4.17. The van der Waals surface area contributed by atoms with E-state index in [2.05, 4.69) is 16.1 Å². The summed E-state index contributed by atoms with van der Waals surface area (Å²) in [7, 11) is -3.60. The molecular weight excluding hydrogens is 430 g/mol. The summed E-state index contributed by atoms with van der Waals surface area (Å²) in [5.74, 6) is -0.326. The van der Waals surface area contributed by atoms with Crippen molar-refractivity contribution in [1.29, 1.82) is 5.26 Å². The van der Waals surface area contributed by atoms with Gasteiger partial charge in [0.15, 0.2) is 0 Å².